The molecule has 1 heterocycles. The van der Waals surface area contributed by atoms with E-state index in [4.69, 9.17) is 16.9 Å². The molecule has 1 N–H and O–H groups in total. The maximum Gasteiger partial charge on any atom is 0.266 e. The van der Waals surface area contributed by atoms with Crippen molar-refractivity contribution in [1.29, 1.82) is 5.26 Å². The van der Waals surface area contributed by atoms with Crippen LogP contribution in [0.15, 0.2) is 6.20 Å². The van der Waals surface area contributed by atoms with Crippen molar-refractivity contribution in [3.63, 3.8) is 0 Å². The number of hydrogen-bond acceptors (Lipinski definition) is 3. The molecule has 6 heteroatoms. The van der Waals surface area contributed by atoms with Crippen LogP contribution in [0.3, 0.4) is 0 Å². The van der Waals surface area contributed by atoms with Crippen LogP contribution in [0.25, 0.3) is 0 Å². The van der Waals surface area contributed by atoms with Crippen LogP contribution >= 0.6 is 11.6 Å². The van der Waals surface area contributed by atoms with Gasteiger partial charge in [0.1, 0.15) is 5.75 Å². The molecule has 0 unspecified atom stereocenters. The third-order valence-corrected chi connectivity index (χ3v) is 2.14. The summed E-state index contributed by atoms with van der Waals surface area (Å²) in [5, 5.41) is 17.8. The molecule has 0 aliphatic carbocycles. The molecule has 1 rings (SSSR count). The van der Waals surface area contributed by atoms with E-state index in [9.17, 15) is 13.9 Å². The van der Waals surface area contributed by atoms with Crippen molar-refractivity contribution in [2.75, 3.05) is 0 Å². The van der Waals surface area contributed by atoms with E-state index in [1.165, 1.54) is 0 Å². The number of nitrogens with zero attached hydrogens (tertiary/aromatic N) is 2. The van der Waals surface area contributed by atoms with Gasteiger partial charge in [-0.25, -0.2) is 8.78 Å². The summed E-state index contributed by atoms with van der Waals surface area (Å²) in [6.45, 7) is 0. The Morgan fingerprint density at radius 1 is 1.60 bits per heavy atom. The highest BCUT2D eigenvalue weighted by Gasteiger charge is 2.21. The van der Waals surface area contributed by atoms with Crippen molar-refractivity contribution in [3.05, 3.63) is 23.0 Å². The second kappa shape index (κ2) is 4.89. The molecule has 0 amide bonds. The van der Waals surface area contributed by atoms with Crippen LogP contribution in [0.2, 0.25) is 0 Å². The minimum absolute atomic E-state index is 0.00489. The summed E-state index contributed by atoms with van der Waals surface area (Å²) < 4.78 is 25.3. The zero-order valence-corrected chi connectivity index (χ0v) is 8.30. The van der Waals surface area contributed by atoms with Crippen LogP contribution in [-0.2, 0) is 12.3 Å². The van der Waals surface area contributed by atoms with Gasteiger partial charge in [-0.1, -0.05) is 0 Å². The van der Waals surface area contributed by atoms with Gasteiger partial charge in [0.2, 0.25) is 0 Å². The lowest BCUT2D eigenvalue weighted by Gasteiger charge is -2.11. The van der Waals surface area contributed by atoms with Crippen molar-refractivity contribution in [2.45, 2.75) is 18.7 Å². The molecule has 0 bridgehead atoms. The van der Waals surface area contributed by atoms with Crippen molar-refractivity contribution < 1.29 is 13.9 Å². The Morgan fingerprint density at radius 2 is 2.27 bits per heavy atom. The minimum Gasteiger partial charge on any atom is -0.506 e. The van der Waals surface area contributed by atoms with Gasteiger partial charge in [0.05, 0.1) is 30.3 Å². The van der Waals surface area contributed by atoms with Gasteiger partial charge in [0.25, 0.3) is 6.43 Å². The fourth-order valence-corrected chi connectivity index (χ4v) is 1.44. The number of aromatic hydroxyl groups is 1. The van der Waals surface area contributed by atoms with E-state index in [2.05, 4.69) is 4.98 Å². The molecule has 0 atom stereocenters. The van der Waals surface area contributed by atoms with E-state index in [0.717, 1.165) is 6.20 Å². The van der Waals surface area contributed by atoms with E-state index in [0.29, 0.717) is 0 Å². The average Bonchev–Trinajstić information content (AvgIpc) is 2.20. The van der Waals surface area contributed by atoms with Crippen molar-refractivity contribution in [2.24, 2.45) is 0 Å². The fraction of sp³-hybridized carbons (Fsp3) is 0.333. The molecule has 3 nitrogen and oxygen atoms in total. The Labute approximate surface area is 89.9 Å². The van der Waals surface area contributed by atoms with Crippen LogP contribution in [0.5, 0.6) is 5.75 Å². The highest BCUT2D eigenvalue weighted by atomic mass is 35.5. The van der Waals surface area contributed by atoms with E-state index in [1.807, 2.05) is 0 Å². The first-order chi connectivity index (χ1) is 7.11. The van der Waals surface area contributed by atoms with Crippen LogP contribution in [-0.4, -0.2) is 10.1 Å². The smallest absolute Gasteiger partial charge is 0.266 e. The molecule has 0 aliphatic heterocycles. The maximum atomic E-state index is 12.7. The SMILES string of the molecule is N#CCc1c(O)cnc(CCl)c1C(F)F. The zero-order chi connectivity index (χ0) is 11.4. The van der Waals surface area contributed by atoms with Gasteiger partial charge >= 0.3 is 0 Å². The number of aromatic nitrogens is 1. The summed E-state index contributed by atoms with van der Waals surface area (Å²) in [6, 6.07) is 1.71. The van der Waals surface area contributed by atoms with Crippen LogP contribution in [0.1, 0.15) is 23.2 Å². The van der Waals surface area contributed by atoms with Crippen LogP contribution < -0.4 is 0 Å². The van der Waals surface area contributed by atoms with Crippen LogP contribution in [0.4, 0.5) is 8.78 Å². The largest absolute Gasteiger partial charge is 0.506 e. The molecule has 0 spiro atoms. The third-order valence-electron chi connectivity index (χ3n) is 1.89. The quantitative estimate of drug-likeness (QED) is 0.815. The highest BCUT2D eigenvalue weighted by Crippen LogP contribution is 2.31. The lowest BCUT2D eigenvalue weighted by Crippen LogP contribution is -2.02. The monoisotopic (exact) mass is 232 g/mol. The number of nitriles is 1. The number of hydrogen-bond donors (Lipinski definition) is 1. The first kappa shape index (κ1) is 11.7. The van der Waals surface area contributed by atoms with Gasteiger partial charge in [-0.2, -0.15) is 5.26 Å². The first-order valence-electron chi connectivity index (χ1n) is 4.02. The average molecular weight is 233 g/mol. The lowest BCUT2D eigenvalue weighted by atomic mass is 10.0. The molecule has 0 saturated heterocycles. The van der Waals surface area contributed by atoms with Crippen LogP contribution in [0, 0.1) is 11.3 Å². The molecule has 0 fully saturated rings. The Hall–Kier alpha value is -1.41. The van der Waals surface area contributed by atoms with Gasteiger partial charge in [-0.15, -0.1) is 11.6 Å². The standard InChI is InChI=1S/C9H7ClF2N2O/c10-3-6-8(9(11)12)5(1-2-13)7(15)4-14-6/h4,9,15H,1,3H2. The summed E-state index contributed by atoms with van der Waals surface area (Å²) in [4.78, 5) is 3.59. The van der Waals surface area contributed by atoms with Crippen molar-refractivity contribution in [1.82, 2.24) is 4.98 Å². The van der Waals surface area contributed by atoms with Crippen molar-refractivity contribution >= 4 is 11.6 Å². The molecular weight excluding hydrogens is 226 g/mol. The molecule has 0 saturated carbocycles. The predicted molar refractivity (Wildman–Crippen MR) is 49.7 cm³/mol. The summed E-state index contributed by atoms with van der Waals surface area (Å²) in [7, 11) is 0. The summed E-state index contributed by atoms with van der Waals surface area (Å²) in [5.41, 5.74) is -0.542. The Morgan fingerprint density at radius 3 is 2.73 bits per heavy atom. The van der Waals surface area contributed by atoms with E-state index in [-0.39, 0.29) is 23.6 Å². The topological polar surface area (TPSA) is 56.9 Å². The molecule has 0 aliphatic rings. The molecule has 1 aromatic rings. The highest BCUT2D eigenvalue weighted by molar-refractivity contribution is 6.17. The van der Waals surface area contributed by atoms with Gasteiger partial charge in [-0.05, 0) is 0 Å². The van der Waals surface area contributed by atoms with E-state index in [1.54, 1.807) is 6.07 Å². The predicted octanol–water partition coefficient (Wildman–Crippen LogP) is 2.53. The first-order valence-corrected chi connectivity index (χ1v) is 4.56. The van der Waals surface area contributed by atoms with Gasteiger partial charge in [-0.3, -0.25) is 4.98 Å². The fourth-order valence-electron chi connectivity index (χ4n) is 1.23. The molecular formula is C9H7ClF2N2O. The third kappa shape index (κ3) is 2.34. The Kier molecular flexibility index (Phi) is 3.81. The summed E-state index contributed by atoms with van der Waals surface area (Å²) in [6.07, 6.45) is -2.07. The maximum absolute atomic E-state index is 12.7. The molecule has 15 heavy (non-hydrogen) atoms. The summed E-state index contributed by atoms with van der Waals surface area (Å²) in [5.74, 6) is -0.584. The Balaban J connectivity index is 3.38. The molecule has 80 valence electrons. The normalized spacial score (nSPS) is 10.3. The zero-order valence-electron chi connectivity index (χ0n) is 7.54. The van der Waals surface area contributed by atoms with E-state index < -0.39 is 17.7 Å². The molecule has 0 aromatic carbocycles. The number of pyridine rings is 1. The summed E-state index contributed by atoms with van der Waals surface area (Å²) >= 11 is 5.44. The number of rotatable bonds is 3. The van der Waals surface area contributed by atoms with Gasteiger partial charge < -0.3 is 5.11 Å². The van der Waals surface area contributed by atoms with Crippen molar-refractivity contribution in [3.8, 4) is 11.8 Å². The Bertz CT molecular complexity index is 404. The number of halogens is 3. The van der Waals surface area contributed by atoms with Gasteiger partial charge in [0.15, 0.2) is 0 Å². The minimum atomic E-state index is -2.80. The van der Waals surface area contributed by atoms with Gasteiger partial charge in [0, 0.05) is 11.1 Å². The second-order valence-corrected chi connectivity index (χ2v) is 3.02. The molecule has 1 aromatic heterocycles. The van der Waals surface area contributed by atoms with E-state index >= 15 is 0 Å². The lowest BCUT2D eigenvalue weighted by molar-refractivity contribution is 0.148. The number of alkyl halides is 3. The molecule has 0 radical (unpaired) electrons. The second-order valence-electron chi connectivity index (χ2n) is 2.75.